The Morgan fingerprint density at radius 2 is 1.92 bits per heavy atom. The van der Waals surface area contributed by atoms with Crippen LogP contribution in [0.1, 0.15) is 0 Å². The summed E-state index contributed by atoms with van der Waals surface area (Å²) in [5, 5.41) is 13.2. The van der Waals surface area contributed by atoms with Crippen molar-refractivity contribution in [3.8, 4) is 11.6 Å². The van der Waals surface area contributed by atoms with E-state index in [1.807, 2.05) is 0 Å². The smallest absolute Gasteiger partial charge is 0.333 e. The maximum absolute atomic E-state index is 12.3. The zero-order valence-electron chi connectivity index (χ0n) is 14.8. The van der Waals surface area contributed by atoms with Crippen LogP contribution in [0.15, 0.2) is 38.8 Å². The van der Waals surface area contributed by atoms with Gasteiger partial charge in [0, 0.05) is 39.9 Å². The van der Waals surface area contributed by atoms with Crippen LogP contribution in [0.2, 0.25) is 0 Å². The Morgan fingerprint density at radius 3 is 2.52 bits per heavy atom. The number of hydrogen-bond donors (Lipinski definition) is 2. The van der Waals surface area contributed by atoms with Crippen LogP contribution in [-0.2, 0) is 14.1 Å². The Balaban J connectivity index is 2.55. The van der Waals surface area contributed by atoms with E-state index in [0.717, 1.165) is 9.13 Å². The third-order valence-corrected chi connectivity index (χ3v) is 3.58. The van der Waals surface area contributed by atoms with Gasteiger partial charge in [0.05, 0.1) is 7.11 Å². The summed E-state index contributed by atoms with van der Waals surface area (Å²) in [4.78, 5) is 30.0. The quantitative estimate of drug-likeness (QED) is 0.618. The summed E-state index contributed by atoms with van der Waals surface area (Å²) in [6.07, 6.45) is 0. The van der Waals surface area contributed by atoms with Crippen LogP contribution >= 0.6 is 0 Å². The highest BCUT2D eigenvalue weighted by atomic mass is 16.5. The van der Waals surface area contributed by atoms with Crippen molar-refractivity contribution >= 4 is 17.3 Å². The highest BCUT2D eigenvalue weighted by molar-refractivity contribution is 5.95. The second-order valence-electron chi connectivity index (χ2n) is 5.56. The molecule has 1 aromatic heterocycles. The number of nitrogens with zero attached hydrogens (tertiary/aromatic N) is 4. The molecule has 1 aromatic carbocycles. The molecule has 2 rings (SSSR count). The van der Waals surface area contributed by atoms with Crippen molar-refractivity contribution in [3.63, 3.8) is 0 Å². The highest BCUT2D eigenvalue weighted by Crippen LogP contribution is 2.21. The van der Waals surface area contributed by atoms with Crippen molar-refractivity contribution in [1.29, 1.82) is 0 Å². The average molecular weight is 347 g/mol. The van der Waals surface area contributed by atoms with Crippen molar-refractivity contribution < 1.29 is 9.84 Å². The number of methoxy groups -OCH3 is 1. The number of aliphatic imine (C=N–C) groups is 1. The summed E-state index contributed by atoms with van der Waals surface area (Å²) < 4.78 is 7.02. The van der Waals surface area contributed by atoms with E-state index in [0.29, 0.717) is 17.4 Å². The number of nitrogens with one attached hydrogen (secondary N) is 1. The Morgan fingerprint density at radius 1 is 1.24 bits per heavy atom. The minimum absolute atomic E-state index is 0.233. The molecule has 0 saturated carbocycles. The van der Waals surface area contributed by atoms with Crippen molar-refractivity contribution in [2.45, 2.75) is 0 Å². The van der Waals surface area contributed by atoms with E-state index >= 15 is 0 Å². The second kappa shape index (κ2) is 7.12. The van der Waals surface area contributed by atoms with Gasteiger partial charge in [0.15, 0.2) is 5.69 Å². The number of guanidine groups is 1. The number of aromatic hydroxyl groups is 1. The van der Waals surface area contributed by atoms with E-state index in [-0.39, 0.29) is 5.69 Å². The lowest BCUT2D eigenvalue weighted by Gasteiger charge is -2.18. The van der Waals surface area contributed by atoms with Gasteiger partial charge in [0.1, 0.15) is 5.75 Å². The molecule has 0 unspecified atom stereocenters. The monoisotopic (exact) mass is 347 g/mol. The highest BCUT2D eigenvalue weighted by Gasteiger charge is 2.16. The minimum Gasteiger partial charge on any atom is -0.497 e. The van der Waals surface area contributed by atoms with E-state index in [2.05, 4.69) is 10.3 Å². The van der Waals surface area contributed by atoms with E-state index in [9.17, 15) is 14.7 Å². The van der Waals surface area contributed by atoms with Crippen LogP contribution in [0.4, 0.5) is 11.4 Å². The molecule has 0 saturated heterocycles. The second-order valence-corrected chi connectivity index (χ2v) is 5.56. The maximum Gasteiger partial charge on any atom is 0.333 e. The van der Waals surface area contributed by atoms with E-state index in [1.54, 1.807) is 50.4 Å². The first kappa shape index (κ1) is 18.1. The molecule has 9 nitrogen and oxygen atoms in total. The Hall–Kier alpha value is -3.23. The molecule has 2 N–H and O–H groups in total. The van der Waals surface area contributed by atoms with Gasteiger partial charge in [-0.3, -0.25) is 13.9 Å². The summed E-state index contributed by atoms with van der Waals surface area (Å²) in [7, 11) is 7.71. The predicted molar refractivity (Wildman–Crippen MR) is 96.0 cm³/mol. The number of anilines is 1. The van der Waals surface area contributed by atoms with Gasteiger partial charge in [-0.2, -0.15) is 0 Å². The fourth-order valence-electron chi connectivity index (χ4n) is 2.09. The van der Waals surface area contributed by atoms with Crippen LogP contribution in [-0.4, -0.2) is 46.3 Å². The normalized spacial score (nSPS) is 11.3. The Kier molecular flexibility index (Phi) is 5.16. The molecule has 0 bridgehead atoms. The van der Waals surface area contributed by atoms with Crippen LogP contribution in [0.25, 0.3) is 0 Å². The van der Waals surface area contributed by atoms with Gasteiger partial charge in [-0.15, -0.1) is 0 Å². The molecular formula is C16H21N5O4. The topological polar surface area (TPSA) is 101 Å². The number of benzene rings is 1. The lowest BCUT2D eigenvalue weighted by atomic mass is 10.3. The van der Waals surface area contributed by atoms with Gasteiger partial charge in [-0.05, 0) is 12.1 Å². The van der Waals surface area contributed by atoms with Crippen molar-refractivity contribution in [3.05, 3.63) is 45.1 Å². The van der Waals surface area contributed by atoms with Crippen LogP contribution < -0.4 is 21.3 Å². The summed E-state index contributed by atoms with van der Waals surface area (Å²) in [6.45, 7) is 0. The summed E-state index contributed by atoms with van der Waals surface area (Å²) in [5.74, 6) is 0.461. The molecular weight excluding hydrogens is 326 g/mol. The first-order chi connectivity index (χ1) is 11.8. The number of ether oxygens (including phenoxy) is 1. The number of rotatable bonds is 3. The molecule has 0 spiro atoms. The molecule has 0 aliphatic rings. The van der Waals surface area contributed by atoms with E-state index in [1.165, 1.54) is 14.1 Å². The van der Waals surface area contributed by atoms with Crippen molar-refractivity contribution in [2.24, 2.45) is 19.1 Å². The average Bonchev–Trinajstić information content (AvgIpc) is 2.60. The van der Waals surface area contributed by atoms with Crippen LogP contribution in [0.3, 0.4) is 0 Å². The van der Waals surface area contributed by atoms with Gasteiger partial charge in [0.2, 0.25) is 11.8 Å². The molecule has 0 aliphatic carbocycles. The number of hydrogen-bond acceptors (Lipinski definition) is 5. The number of aromatic nitrogens is 2. The standard InChI is InChI=1S/C16H21N5O4/c1-19(2)15(17-10-7-6-8-11(9-10)25-5)18-12-13(22)20(3)16(24)21(4)14(12)23/h6-9,22H,1-5H3,(H,17,18). The predicted octanol–water partition coefficient (Wildman–Crippen LogP) is 0.459. The van der Waals surface area contributed by atoms with Gasteiger partial charge < -0.3 is 20.1 Å². The zero-order valence-corrected chi connectivity index (χ0v) is 14.8. The third-order valence-electron chi connectivity index (χ3n) is 3.58. The Bertz CT molecular complexity index is 927. The lowest BCUT2D eigenvalue weighted by molar-refractivity contribution is 0.413. The van der Waals surface area contributed by atoms with Crippen LogP contribution in [0, 0.1) is 0 Å². The molecule has 0 aliphatic heterocycles. The molecule has 0 amide bonds. The fraction of sp³-hybridized carbons (Fsp3) is 0.312. The Labute approximate surface area is 144 Å². The molecule has 25 heavy (non-hydrogen) atoms. The first-order valence-corrected chi connectivity index (χ1v) is 7.42. The third kappa shape index (κ3) is 3.65. The largest absolute Gasteiger partial charge is 0.497 e. The van der Waals surface area contributed by atoms with Crippen LogP contribution in [0.5, 0.6) is 11.6 Å². The minimum atomic E-state index is -0.688. The summed E-state index contributed by atoms with van der Waals surface area (Å²) in [6, 6.07) is 7.17. The first-order valence-electron chi connectivity index (χ1n) is 7.42. The van der Waals surface area contributed by atoms with Gasteiger partial charge in [-0.25, -0.2) is 9.79 Å². The van der Waals surface area contributed by atoms with Gasteiger partial charge >= 0.3 is 5.69 Å². The molecule has 134 valence electrons. The zero-order chi connectivity index (χ0) is 18.7. The molecule has 2 aromatic rings. The maximum atomic E-state index is 12.3. The summed E-state index contributed by atoms with van der Waals surface area (Å²) >= 11 is 0. The molecule has 9 heteroatoms. The SMILES string of the molecule is COc1cccc(NC(=Nc2c(O)n(C)c(=O)n(C)c2=O)N(C)C)c1. The van der Waals surface area contributed by atoms with E-state index in [4.69, 9.17) is 4.74 Å². The summed E-state index contributed by atoms with van der Waals surface area (Å²) in [5.41, 5.74) is -0.863. The molecule has 1 heterocycles. The van der Waals surface area contributed by atoms with Gasteiger partial charge in [-0.1, -0.05) is 6.07 Å². The lowest BCUT2D eigenvalue weighted by Crippen LogP contribution is -2.37. The van der Waals surface area contributed by atoms with E-state index < -0.39 is 17.1 Å². The molecule has 0 fully saturated rings. The van der Waals surface area contributed by atoms with Crippen molar-refractivity contribution in [2.75, 3.05) is 26.5 Å². The molecule has 0 radical (unpaired) electrons. The molecule has 0 atom stereocenters. The van der Waals surface area contributed by atoms with Crippen molar-refractivity contribution in [1.82, 2.24) is 14.0 Å². The fourth-order valence-corrected chi connectivity index (χ4v) is 2.09. The van der Waals surface area contributed by atoms with Gasteiger partial charge in [0.25, 0.3) is 5.56 Å².